The van der Waals surface area contributed by atoms with E-state index in [4.69, 9.17) is 25.8 Å². The van der Waals surface area contributed by atoms with Crippen molar-refractivity contribution in [1.29, 1.82) is 0 Å². The number of carbonyl (C=O) groups excluding carboxylic acids is 2. The number of benzene rings is 2. The maximum Gasteiger partial charge on any atom is 0.262 e. The van der Waals surface area contributed by atoms with Gasteiger partial charge < -0.3 is 24.8 Å². The first-order valence-corrected chi connectivity index (χ1v) is 7.76. The number of hydrogen-bond donors (Lipinski definition) is 2. The zero-order valence-electron chi connectivity index (χ0n) is 13.3. The largest absolute Gasteiger partial charge is 0.495 e. The standard InChI is InChI=1S/C17H15ClN2O5/c1-23-14-4-2-10(6-12(14)18)19-16(21)8-24-11-3-5-15-13(7-11)20-17(22)9-25-15/h2-7H,8-9H2,1H3,(H,19,21)(H,20,22). The molecular weight excluding hydrogens is 348 g/mol. The second-order valence-corrected chi connectivity index (χ2v) is 5.59. The van der Waals surface area contributed by atoms with Crippen LogP contribution in [0.4, 0.5) is 11.4 Å². The Morgan fingerprint density at radius 2 is 2.16 bits per heavy atom. The van der Waals surface area contributed by atoms with Gasteiger partial charge in [0.1, 0.15) is 17.2 Å². The van der Waals surface area contributed by atoms with E-state index in [0.717, 1.165) is 0 Å². The third kappa shape index (κ3) is 4.13. The topological polar surface area (TPSA) is 85.9 Å². The minimum absolute atomic E-state index is 0.0139. The molecule has 0 radical (unpaired) electrons. The molecule has 3 rings (SSSR count). The maximum absolute atomic E-state index is 12.0. The maximum atomic E-state index is 12.0. The molecule has 0 bridgehead atoms. The fourth-order valence-corrected chi connectivity index (χ4v) is 2.50. The van der Waals surface area contributed by atoms with Gasteiger partial charge in [0.2, 0.25) is 0 Å². The van der Waals surface area contributed by atoms with E-state index in [9.17, 15) is 9.59 Å². The Kier molecular flexibility index (Phi) is 4.95. The van der Waals surface area contributed by atoms with Crippen LogP contribution in [0.15, 0.2) is 36.4 Å². The molecule has 0 saturated heterocycles. The van der Waals surface area contributed by atoms with Crippen LogP contribution >= 0.6 is 11.6 Å². The van der Waals surface area contributed by atoms with E-state index in [1.54, 1.807) is 36.4 Å². The molecule has 0 fully saturated rings. The Labute approximate surface area is 148 Å². The van der Waals surface area contributed by atoms with Crippen LogP contribution in [-0.2, 0) is 9.59 Å². The van der Waals surface area contributed by atoms with Crippen molar-refractivity contribution < 1.29 is 23.8 Å². The molecule has 2 aromatic rings. The van der Waals surface area contributed by atoms with E-state index in [2.05, 4.69) is 10.6 Å². The SMILES string of the molecule is COc1ccc(NC(=O)COc2ccc3c(c2)NC(=O)CO3)cc1Cl. The summed E-state index contributed by atoms with van der Waals surface area (Å²) in [4.78, 5) is 23.3. The lowest BCUT2D eigenvalue weighted by Crippen LogP contribution is -2.25. The summed E-state index contributed by atoms with van der Waals surface area (Å²) in [5, 5.41) is 5.74. The van der Waals surface area contributed by atoms with Crippen molar-refractivity contribution in [2.24, 2.45) is 0 Å². The first kappa shape index (κ1) is 16.9. The monoisotopic (exact) mass is 362 g/mol. The summed E-state index contributed by atoms with van der Waals surface area (Å²) in [6, 6.07) is 9.85. The molecule has 1 aliphatic rings. The number of carbonyl (C=O) groups is 2. The molecule has 1 heterocycles. The molecule has 1 aliphatic heterocycles. The smallest absolute Gasteiger partial charge is 0.262 e. The number of anilines is 2. The van der Waals surface area contributed by atoms with Gasteiger partial charge in [-0.25, -0.2) is 0 Å². The summed E-state index contributed by atoms with van der Waals surface area (Å²) in [5.74, 6) is 0.934. The van der Waals surface area contributed by atoms with Crippen LogP contribution in [0.1, 0.15) is 0 Å². The van der Waals surface area contributed by atoms with E-state index < -0.39 is 0 Å². The predicted molar refractivity (Wildman–Crippen MR) is 92.7 cm³/mol. The van der Waals surface area contributed by atoms with E-state index >= 15 is 0 Å². The van der Waals surface area contributed by atoms with Gasteiger partial charge in [-0.2, -0.15) is 0 Å². The summed E-state index contributed by atoms with van der Waals surface area (Å²) in [7, 11) is 1.51. The first-order valence-electron chi connectivity index (χ1n) is 7.38. The number of halogens is 1. The summed E-state index contributed by atoms with van der Waals surface area (Å²) < 4.78 is 15.7. The lowest BCUT2D eigenvalue weighted by Gasteiger charge is -2.18. The molecule has 0 spiro atoms. The Balaban J connectivity index is 1.58. The van der Waals surface area contributed by atoms with Crippen LogP contribution in [0.25, 0.3) is 0 Å². The number of rotatable bonds is 5. The summed E-state index contributed by atoms with van der Waals surface area (Å²) in [6.07, 6.45) is 0. The van der Waals surface area contributed by atoms with Gasteiger partial charge in [-0.3, -0.25) is 9.59 Å². The number of fused-ring (bicyclic) bond motifs is 1. The molecule has 0 atom stereocenters. The lowest BCUT2D eigenvalue weighted by atomic mass is 10.2. The average molecular weight is 363 g/mol. The molecule has 0 aliphatic carbocycles. The fraction of sp³-hybridized carbons (Fsp3) is 0.176. The van der Waals surface area contributed by atoms with Gasteiger partial charge in [0.25, 0.3) is 11.8 Å². The van der Waals surface area contributed by atoms with Crippen molar-refractivity contribution in [3.05, 3.63) is 41.4 Å². The minimum atomic E-state index is -0.348. The molecule has 0 aromatic heterocycles. The van der Waals surface area contributed by atoms with Crippen molar-refractivity contribution in [1.82, 2.24) is 0 Å². The van der Waals surface area contributed by atoms with E-state index in [0.29, 0.717) is 33.6 Å². The number of methoxy groups -OCH3 is 1. The quantitative estimate of drug-likeness (QED) is 0.854. The molecule has 2 aromatic carbocycles. The third-order valence-corrected chi connectivity index (χ3v) is 3.68. The lowest BCUT2D eigenvalue weighted by molar-refractivity contribution is -0.119. The molecule has 25 heavy (non-hydrogen) atoms. The average Bonchev–Trinajstić information content (AvgIpc) is 2.59. The second-order valence-electron chi connectivity index (χ2n) is 5.18. The highest BCUT2D eigenvalue weighted by molar-refractivity contribution is 6.32. The van der Waals surface area contributed by atoms with Crippen molar-refractivity contribution >= 4 is 34.8 Å². The van der Waals surface area contributed by atoms with E-state index in [1.807, 2.05) is 0 Å². The minimum Gasteiger partial charge on any atom is -0.495 e. The second kappa shape index (κ2) is 7.31. The van der Waals surface area contributed by atoms with E-state index in [-0.39, 0.29) is 25.0 Å². The van der Waals surface area contributed by atoms with Crippen LogP contribution in [0.5, 0.6) is 17.2 Å². The number of amides is 2. The van der Waals surface area contributed by atoms with Crippen LogP contribution in [0.2, 0.25) is 5.02 Å². The predicted octanol–water partition coefficient (Wildman–Crippen LogP) is 2.70. The Hall–Kier alpha value is -2.93. The van der Waals surface area contributed by atoms with Gasteiger partial charge in [-0.15, -0.1) is 0 Å². The summed E-state index contributed by atoms with van der Waals surface area (Å²) in [6.45, 7) is -0.211. The molecular formula is C17H15ClN2O5. The van der Waals surface area contributed by atoms with Gasteiger partial charge in [-0.05, 0) is 30.3 Å². The van der Waals surface area contributed by atoms with Gasteiger partial charge in [0, 0.05) is 11.8 Å². The van der Waals surface area contributed by atoms with E-state index in [1.165, 1.54) is 7.11 Å². The molecule has 8 heteroatoms. The molecule has 2 N–H and O–H groups in total. The Morgan fingerprint density at radius 3 is 2.92 bits per heavy atom. The fourth-order valence-electron chi connectivity index (χ4n) is 2.24. The Morgan fingerprint density at radius 1 is 1.32 bits per heavy atom. The van der Waals surface area contributed by atoms with Gasteiger partial charge in [0.15, 0.2) is 13.2 Å². The van der Waals surface area contributed by atoms with Crippen molar-refractivity contribution in [3.8, 4) is 17.2 Å². The zero-order chi connectivity index (χ0) is 17.8. The molecule has 0 unspecified atom stereocenters. The molecule has 0 saturated carbocycles. The number of nitrogens with one attached hydrogen (secondary N) is 2. The van der Waals surface area contributed by atoms with Crippen LogP contribution in [0.3, 0.4) is 0 Å². The third-order valence-electron chi connectivity index (χ3n) is 3.39. The molecule has 130 valence electrons. The van der Waals surface area contributed by atoms with Gasteiger partial charge in [-0.1, -0.05) is 11.6 Å². The molecule has 2 amide bonds. The van der Waals surface area contributed by atoms with Crippen LogP contribution in [-0.4, -0.2) is 32.1 Å². The summed E-state index contributed by atoms with van der Waals surface area (Å²) >= 11 is 6.01. The van der Waals surface area contributed by atoms with Crippen molar-refractivity contribution in [2.75, 3.05) is 31.0 Å². The van der Waals surface area contributed by atoms with Crippen LogP contribution in [0, 0.1) is 0 Å². The van der Waals surface area contributed by atoms with Crippen molar-refractivity contribution in [3.63, 3.8) is 0 Å². The molecule has 7 nitrogen and oxygen atoms in total. The van der Waals surface area contributed by atoms with Crippen molar-refractivity contribution in [2.45, 2.75) is 0 Å². The summed E-state index contributed by atoms with van der Waals surface area (Å²) in [5.41, 5.74) is 1.04. The highest BCUT2D eigenvalue weighted by atomic mass is 35.5. The highest BCUT2D eigenvalue weighted by Gasteiger charge is 2.16. The van der Waals surface area contributed by atoms with Gasteiger partial charge >= 0.3 is 0 Å². The number of ether oxygens (including phenoxy) is 3. The Bertz CT molecular complexity index is 825. The number of hydrogen-bond acceptors (Lipinski definition) is 5. The first-order chi connectivity index (χ1) is 12.0. The van der Waals surface area contributed by atoms with Crippen LogP contribution < -0.4 is 24.8 Å². The highest BCUT2D eigenvalue weighted by Crippen LogP contribution is 2.31. The zero-order valence-corrected chi connectivity index (χ0v) is 14.1. The normalized spacial score (nSPS) is 12.5. The van der Waals surface area contributed by atoms with Gasteiger partial charge in [0.05, 0.1) is 17.8 Å².